The Balaban J connectivity index is 1.30. The van der Waals surface area contributed by atoms with Crippen molar-refractivity contribution in [2.75, 3.05) is 39.3 Å². The lowest BCUT2D eigenvalue weighted by atomic mass is 9.65. The number of fused-ring (bicyclic) bond motifs is 6. The SMILES string of the molecule is C(CC12CCN(CC1)CC2)CC12CCN(CC1)CC2. The monoisotopic (exact) mass is 262 g/mol. The zero-order chi connectivity index (χ0) is 12.8. The molecule has 0 aromatic rings. The van der Waals surface area contributed by atoms with Gasteiger partial charge < -0.3 is 9.80 Å². The second-order valence-corrected chi connectivity index (χ2v) is 8.04. The molecule has 6 aliphatic rings. The standard InChI is InChI=1S/C17H30N2/c1(2-16-4-10-18(11-5-16)12-6-16)3-17-7-13-19(14-8-17)15-9-17/h1-15H2. The average Bonchev–Trinajstić information content (AvgIpc) is 2.50. The van der Waals surface area contributed by atoms with E-state index in [0.29, 0.717) is 0 Å². The first kappa shape index (κ1) is 12.6. The van der Waals surface area contributed by atoms with E-state index in [2.05, 4.69) is 9.80 Å². The summed E-state index contributed by atoms with van der Waals surface area (Å²) in [6, 6.07) is 0. The molecule has 19 heavy (non-hydrogen) atoms. The predicted octanol–water partition coefficient (Wildman–Crippen LogP) is 3.13. The van der Waals surface area contributed by atoms with E-state index in [1.165, 1.54) is 84.2 Å². The van der Waals surface area contributed by atoms with E-state index < -0.39 is 0 Å². The van der Waals surface area contributed by atoms with Gasteiger partial charge in [-0.3, -0.25) is 0 Å². The normalized spacial score (nSPS) is 48.6. The Morgan fingerprint density at radius 1 is 0.526 bits per heavy atom. The Labute approximate surface area is 118 Å². The van der Waals surface area contributed by atoms with Crippen LogP contribution in [0.1, 0.15) is 57.8 Å². The summed E-state index contributed by atoms with van der Waals surface area (Å²) >= 11 is 0. The summed E-state index contributed by atoms with van der Waals surface area (Å²) in [7, 11) is 0. The van der Waals surface area contributed by atoms with Crippen molar-refractivity contribution < 1.29 is 0 Å². The van der Waals surface area contributed by atoms with Crippen LogP contribution in [-0.2, 0) is 0 Å². The molecule has 0 unspecified atom stereocenters. The Morgan fingerprint density at radius 3 is 1.16 bits per heavy atom. The highest BCUT2D eigenvalue weighted by Crippen LogP contribution is 2.48. The lowest BCUT2D eigenvalue weighted by Gasteiger charge is -2.51. The molecular weight excluding hydrogens is 232 g/mol. The molecule has 0 aromatic carbocycles. The minimum atomic E-state index is 0.779. The van der Waals surface area contributed by atoms with Gasteiger partial charge in [-0.1, -0.05) is 6.42 Å². The summed E-state index contributed by atoms with van der Waals surface area (Å²) in [4.78, 5) is 5.36. The molecular formula is C17H30N2. The second kappa shape index (κ2) is 4.73. The van der Waals surface area contributed by atoms with Crippen molar-refractivity contribution in [3.8, 4) is 0 Å². The molecule has 0 amide bonds. The third-order valence-electron chi connectivity index (χ3n) is 7.16. The van der Waals surface area contributed by atoms with E-state index in [1.54, 1.807) is 12.8 Å². The van der Waals surface area contributed by atoms with Gasteiger partial charge in [-0.15, -0.1) is 0 Å². The molecule has 108 valence electrons. The van der Waals surface area contributed by atoms with Gasteiger partial charge in [-0.25, -0.2) is 0 Å². The van der Waals surface area contributed by atoms with Crippen LogP contribution < -0.4 is 0 Å². The smallest absolute Gasteiger partial charge is 0.00134 e. The first-order valence-corrected chi connectivity index (χ1v) is 8.73. The highest BCUT2D eigenvalue weighted by molar-refractivity contribution is 4.95. The van der Waals surface area contributed by atoms with Gasteiger partial charge in [0.25, 0.3) is 0 Å². The summed E-state index contributed by atoms with van der Waals surface area (Å²) in [6.07, 6.45) is 13.7. The van der Waals surface area contributed by atoms with E-state index in [-0.39, 0.29) is 0 Å². The topological polar surface area (TPSA) is 6.48 Å². The van der Waals surface area contributed by atoms with Gasteiger partial charge >= 0.3 is 0 Å². The van der Waals surface area contributed by atoms with Crippen LogP contribution in [0.4, 0.5) is 0 Å². The molecule has 6 fully saturated rings. The van der Waals surface area contributed by atoms with Crippen LogP contribution in [0.3, 0.4) is 0 Å². The summed E-state index contributed by atoms with van der Waals surface area (Å²) in [5.74, 6) is 0. The molecule has 0 N–H and O–H groups in total. The summed E-state index contributed by atoms with van der Waals surface area (Å²) in [5, 5.41) is 0. The molecule has 4 bridgehead atoms. The maximum absolute atomic E-state index is 2.68. The fourth-order valence-corrected chi connectivity index (χ4v) is 5.38. The van der Waals surface area contributed by atoms with Crippen LogP contribution in [0.25, 0.3) is 0 Å². The van der Waals surface area contributed by atoms with Crippen molar-refractivity contribution >= 4 is 0 Å². The molecule has 0 spiro atoms. The minimum absolute atomic E-state index is 0.779. The molecule has 0 atom stereocenters. The predicted molar refractivity (Wildman–Crippen MR) is 79.3 cm³/mol. The first-order valence-electron chi connectivity index (χ1n) is 8.73. The molecule has 6 rings (SSSR count). The molecule has 0 aliphatic carbocycles. The minimum Gasteiger partial charge on any atom is -0.303 e. The van der Waals surface area contributed by atoms with Gasteiger partial charge in [0.15, 0.2) is 0 Å². The van der Waals surface area contributed by atoms with E-state index in [1.807, 2.05) is 0 Å². The van der Waals surface area contributed by atoms with Gasteiger partial charge in [-0.05, 0) is 101 Å². The molecule has 2 heteroatoms. The number of hydrogen-bond acceptors (Lipinski definition) is 2. The van der Waals surface area contributed by atoms with Crippen molar-refractivity contribution in [1.29, 1.82) is 0 Å². The quantitative estimate of drug-likeness (QED) is 0.768. The molecule has 6 saturated heterocycles. The first-order chi connectivity index (χ1) is 9.28. The number of piperidine rings is 6. The third-order valence-corrected chi connectivity index (χ3v) is 7.16. The van der Waals surface area contributed by atoms with Crippen LogP contribution in [0.5, 0.6) is 0 Å². The average molecular weight is 262 g/mol. The zero-order valence-electron chi connectivity index (χ0n) is 12.5. The highest BCUT2D eigenvalue weighted by atomic mass is 15.2. The Kier molecular flexibility index (Phi) is 3.15. The molecule has 0 aromatic heterocycles. The van der Waals surface area contributed by atoms with Crippen LogP contribution in [-0.4, -0.2) is 49.1 Å². The van der Waals surface area contributed by atoms with Gasteiger partial charge in [-0.2, -0.15) is 0 Å². The van der Waals surface area contributed by atoms with Crippen molar-refractivity contribution in [1.82, 2.24) is 9.80 Å². The Bertz CT molecular complexity index is 263. The summed E-state index contributed by atoms with van der Waals surface area (Å²) in [6.45, 7) is 8.42. The summed E-state index contributed by atoms with van der Waals surface area (Å²) in [5.41, 5.74) is 1.56. The van der Waals surface area contributed by atoms with Gasteiger partial charge in [0.2, 0.25) is 0 Å². The molecule has 0 saturated carbocycles. The van der Waals surface area contributed by atoms with Crippen molar-refractivity contribution in [3.05, 3.63) is 0 Å². The van der Waals surface area contributed by atoms with Crippen LogP contribution >= 0.6 is 0 Å². The third kappa shape index (κ3) is 2.35. The van der Waals surface area contributed by atoms with E-state index in [4.69, 9.17) is 0 Å². The fourth-order valence-electron chi connectivity index (χ4n) is 5.38. The largest absolute Gasteiger partial charge is 0.303 e. The highest BCUT2D eigenvalue weighted by Gasteiger charge is 2.41. The van der Waals surface area contributed by atoms with Crippen molar-refractivity contribution in [3.63, 3.8) is 0 Å². The number of rotatable bonds is 4. The van der Waals surface area contributed by atoms with E-state index in [0.717, 1.165) is 10.8 Å². The number of nitrogens with zero attached hydrogens (tertiary/aromatic N) is 2. The van der Waals surface area contributed by atoms with Crippen molar-refractivity contribution in [2.45, 2.75) is 57.8 Å². The molecule has 2 nitrogen and oxygen atoms in total. The molecule has 6 heterocycles. The maximum Gasteiger partial charge on any atom is -0.00134 e. The zero-order valence-corrected chi connectivity index (χ0v) is 12.5. The van der Waals surface area contributed by atoms with Gasteiger partial charge in [0.05, 0.1) is 0 Å². The number of hydrogen-bond donors (Lipinski definition) is 0. The van der Waals surface area contributed by atoms with Crippen LogP contribution in [0.2, 0.25) is 0 Å². The van der Waals surface area contributed by atoms with E-state index in [9.17, 15) is 0 Å². The summed E-state index contributed by atoms with van der Waals surface area (Å²) < 4.78 is 0. The Morgan fingerprint density at radius 2 is 0.842 bits per heavy atom. The Hall–Kier alpha value is -0.0800. The van der Waals surface area contributed by atoms with Gasteiger partial charge in [0.1, 0.15) is 0 Å². The lowest BCUT2D eigenvalue weighted by Crippen LogP contribution is -2.49. The fraction of sp³-hybridized carbons (Fsp3) is 1.00. The molecule has 6 aliphatic heterocycles. The lowest BCUT2D eigenvalue weighted by molar-refractivity contribution is -0.00208. The van der Waals surface area contributed by atoms with Crippen molar-refractivity contribution in [2.24, 2.45) is 10.8 Å². The van der Waals surface area contributed by atoms with Gasteiger partial charge in [0, 0.05) is 0 Å². The second-order valence-electron chi connectivity index (χ2n) is 8.04. The van der Waals surface area contributed by atoms with Crippen LogP contribution in [0, 0.1) is 10.8 Å². The van der Waals surface area contributed by atoms with E-state index >= 15 is 0 Å². The van der Waals surface area contributed by atoms with Crippen LogP contribution in [0.15, 0.2) is 0 Å². The maximum atomic E-state index is 2.68. The molecule has 0 radical (unpaired) electrons.